The fraction of sp³-hybridized carbons (Fsp3) is 0.167. The molecule has 0 aliphatic heterocycles. The zero-order valence-electron chi connectivity index (χ0n) is 21.7. The van der Waals surface area contributed by atoms with E-state index in [-0.39, 0.29) is 17.1 Å². The van der Waals surface area contributed by atoms with Gasteiger partial charge in [-0.1, -0.05) is 39.0 Å². The van der Waals surface area contributed by atoms with Gasteiger partial charge in [0.15, 0.2) is 5.65 Å². The predicted octanol–water partition coefficient (Wildman–Crippen LogP) is 6.74. The van der Waals surface area contributed by atoms with Gasteiger partial charge in [-0.15, -0.1) is 0 Å². The van der Waals surface area contributed by atoms with Crippen LogP contribution >= 0.6 is 0 Å². The quantitative estimate of drug-likeness (QED) is 0.233. The number of carbonyl (C=O) groups is 1. The Bertz CT molecular complexity index is 1850. The van der Waals surface area contributed by atoms with Crippen molar-refractivity contribution in [2.45, 2.75) is 27.2 Å². The Balaban J connectivity index is 1.37. The molecule has 0 saturated heterocycles. The van der Waals surface area contributed by atoms with Gasteiger partial charge in [0.2, 0.25) is 5.91 Å². The summed E-state index contributed by atoms with van der Waals surface area (Å²) in [6.07, 6.45) is 7.17. The van der Waals surface area contributed by atoms with E-state index in [2.05, 4.69) is 35.5 Å². The molecular formula is C30H26FN7O. The maximum Gasteiger partial charge on any atom is 0.224 e. The van der Waals surface area contributed by atoms with Crippen LogP contribution in [0.3, 0.4) is 0 Å². The first-order chi connectivity index (χ1) is 18.7. The molecule has 0 spiro atoms. The Labute approximate surface area is 223 Å². The minimum atomic E-state index is -0.294. The number of benzene rings is 1. The van der Waals surface area contributed by atoms with Gasteiger partial charge in [-0.2, -0.15) is 5.10 Å². The molecule has 194 valence electrons. The third kappa shape index (κ3) is 4.86. The highest BCUT2D eigenvalue weighted by atomic mass is 19.1. The van der Waals surface area contributed by atoms with Crippen molar-refractivity contribution in [1.82, 2.24) is 30.1 Å². The first-order valence-electron chi connectivity index (χ1n) is 12.6. The zero-order chi connectivity index (χ0) is 27.1. The second kappa shape index (κ2) is 9.43. The summed E-state index contributed by atoms with van der Waals surface area (Å²) in [4.78, 5) is 29.1. The van der Waals surface area contributed by atoms with Gasteiger partial charge in [-0.25, -0.2) is 14.4 Å². The molecule has 5 aromatic heterocycles. The first-order valence-corrected chi connectivity index (χ1v) is 12.6. The third-order valence-corrected chi connectivity index (χ3v) is 6.41. The average Bonchev–Trinajstić information content (AvgIpc) is 3.51. The van der Waals surface area contributed by atoms with E-state index in [1.165, 1.54) is 6.07 Å². The van der Waals surface area contributed by atoms with E-state index in [0.29, 0.717) is 34.7 Å². The number of fused-ring (bicyclic) bond motifs is 2. The van der Waals surface area contributed by atoms with Crippen molar-refractivity contribution in [3.05, 3.63) is 79.1 Å². The van der Waals surface area contributed by atoms with Crippen molar-refractivity contribution in [1.29, 1.82) is 0 Å². The number of H-pyrrole nitrogens is 2. The normalized spacial score (nSPS) is 11.8. The lowest BCUT2D eigenvalue weighted by Crippen LogP contribution is -2.19. The van der Waals surface area contributed by atoms with Crippen LogP contribution < -0.4 is 5.32 Å². The van der Waals surface area contributed by atoms with E-state index in [4.69, 9.17) is 0 Å². The van der Waals surface area contributed by atoms with Gasteiger partial charge >= 0.3 is 0 Å². The molecule has 9 heteroatoms. The number of aromatic amines is 2. The summed E-state index contributed by atoms with van der Waals surface area (Å²) < 4.78 is 14.6. The SMILES string of the molecule is CC(C)(C)CC(=O)Nc1cncc(-c2cnc3[nH]nc(-c4cc5c(-c6ccccc6F)ccnc5[nH]4)c3c2)c1. The Hall–Kier alpha value is -4.92. The van der Waals surface area contributed by atoms with Crippen LogP contribution in [0.2, 0.25) is 0 Å². The van der Waals surface area contributed by atoms with E-state index in [1.54, 1.807) is 43.0 Å². The number of hydrogen-bond acceptors (Lipinski definition) is 5. The standard InChI is InChI=1S/C30H26FN7O/c1-30(2,3)13-26(39)35-19-10-17(14-32-16-19)18-11-23-27(37-38-29(23)34-15-18)25-12-22-20(8-9-33-28(22)36-25)21-6-4-5-7-24(21)31/h4-12,14-16H,13H2,1-3H3,(H,33,36)(H,35,39)(H,34,37,38). The molecule has 8 nitrogen and oxygen atoms in total. The largest absolute Gasteiger partial charge is 0.338 e. The van der Waals surface area contributed by atoms with Gasteiger partial charge in [0.1, 0.15) is 17.2 Å². The Kier molecular flexibility index (Phi) is 5.91. The first kappa shape index (κ1) is 24.4. The summed E-state index contributed by atoms with van der Waals surface area (Å²) in [7, 11) is 0. The molecule has 0 saturated carbocycles. The number of halogens is 1. The lowest BCUT2D eigenvalue weighted by atomic mass is 9.92. The van der Waals surface area contributed by atoms with Gasteiger partial charge in [-0.05, 0) is 41.3 Å². The van der Waals surface area contributed by atoms with Crippen molar-refractivity contribution < 1.29 is 9.18 Å². The Morgan fingerprint density at radius 1 is 0.923 bits per heavy atom. The number of rotatable bonds is 5. The number of pyridine rings is 3. The molecule has 0 radical (unpaired) electrons. The molecule has 0 atom stereocenters. The molecule has 6 aromatic rings. The van der Waals surface area contributed by atoms with Gasteiger partial charge in [0.05, 0.1) is 17.6 Å². The fourth-order valence-corrected chi connectivity index (χ4v) is 4.69. The number of nitrogens with zero attached hydrogens (tertiary/aromatic N) is 4. The second-order valence-corrected chi connectivity index (χ2v) is 10.7. The monoisotopic (exact) mass is 519 g/mol. The average molecular weight is 520 g/mol. The van der Waals surface area contributed by atoms with Crippen LogP contribution in [-0.2, 0) is 4.79 Å². The highest BCUT2D eigenvalue weighted by Gasteiger charge is 2.18. The Morgan fingerprint density at radius 3 is 2.56 bits per heavy atom. The van der Waals surface area contributed by atoms with Gasteiger partial charge in [-0.3, -0.25) is 14.9 Å². The zero-order valence-corrected chi connectivity index (χ0v) is 21.7. The van der Waals surface area contributed by atoms with E-state index >= 15 is 0 Å². The van der Waals surface area contributed by atoms with Crippen LogP contribution in [-0.4, -0.2) is 36.0 Å². The lowest BCUT2D eigenvalue weighted by molar-refractivity contribution is -0.117. The molecule has 0 bridgehead atoms. The molecular weight excluding hydrogens is 493 g/mol. The highest BCUT2D eigenvalue weighted by Crippen LogP contribution is 2.35. The smallest absolute Gasteiger partial charge is 0.224 e. The second-order valence-electron chi connectivity index (χ2n) is 10.7. The molecule has 6 rings (SSSR count). The predicted molar refractivity (Wildman–Crippen MR) is 150 cm³/mol. The topological polar surface area (TPSA) is 112 Å². The van der Waals surface area contributed by atoms with Crippen LogP contribution in [0.4, 0.5) is 10.1 Å². The molecule has 0 unspecified atom stereocenters. The van der Waals surface area contributed by atoms with E-state index in [9.17, 15) is 9.18 Å². The van der Waals surface area contributed by atoms with Gasteiger partial charge in [0, 0.05) is 52.5 Å². The molecule has 0 fully saturated rings. The Morgan fingerprint density at radius 2 is 1.74 bits per heavy atom. The maximum atomic E-state index is 14.6. The van der Waals surface area contributed by atoms with Crippen LogP contribution in [0, 0.1) is 11.2 Å². The molecule has 39 heavy (non-hydrogen) atoms. The van der Waals surface area contributed by atoms with E-state index in [0.717, 1.165) is 33.2 Å². The van der Waals surface area contributed by atoms with Crippen molar-refractivity contribution in [3.63, 3.8) is 0 Å². The number of nitrogens with one attached hydrogen (secondary N) is 3. The lowest BCUT2D eigenvalue weighted by Gasteiger charge is -2.17. The van der Waals surface area contributed by atoms with Crippen molar-refractivity contribution in [2.24, 2.45) is 5.41 Å². The van der Waals surface area contributed by atoms with Crippen molar-refractivity contribution in [3.8, 4) is 33.6 Å². The van der Waals surface area contributed by atoms with Crippen LogP contribution in [0.25, 0.3) is 55.7 Å². The molecule has 1 aromatic carbocycles. The maximum absolute atomic E-state index is 14.6. The summed E-state index contributed by atoms with van der Waals surface area (Å²) >= 11 is 0. The van der Waals surface area contributed by atoms with Crippen LogP contribution in [0.1, 0.15) is 27.2 Å². The van der Waals surface area contributed by atoms with Gasteiger partial charge in [0.25, 0.3) is 0 Å². The summed E-state index contributed by atoms with van der Waals surface area (Å²) in [6.45, 7) is 6.07. The van der Waals surface area contributed by atoms with Crippen molar-refractivity contribution in [2.75, 3.05) is 5.32 Å². The molecule has 3 N–H and O–H groups in total. The highest BCUT2D eigenvalue weighted by molar-refractivity contribution is 6.00. The summed E-state index contributed by atoms with van der Waals surface area (Å²) in [5.74, 6) is -0.355. The number of carbonyl (C=O) groups excluding carboxylic acids is 1. The van der Waals surface area contributed by atoms with Gasteiger partial charge < -0.3 is 10.3 Å². The van der Waals surface area contributed by atoms with Crippen LogP contribution in [0.15, 0.2) is 73.3 Å². The number of hydrogen-bond donors (Lipinski definition) is 3. The van der Waals surface area contributed by atoms with E-state index < -0.39 is 0 Å². The number of amides is 1. The molecule has 1 amide bonds. The summed E-state index contributed by atoms with van der Waals surface area (Å²) in [6, 6.07) is 14.3. The van der Waals surface area contributed by atoms with Crippen molar-refractivity contribution >= 4 is 33.7 Å². The minimum absolute atomic E-state index is 0.0608. The van der Waals surface area contributed by atoms with E-state index in [1.807, 2.05) is 45.0 Å². The summed E-state index contributed by atoms with van der Waals surface area (Å²) in [5.41, 5.74) is 6.05. The minimum Gasteiger partial charge on any atom is -0.338 e. The summed E-state index contributed by atoms with van der Waals surface area (Å²) in [5, 5.41) is 12.0. The van der Waals surface area contributed by atoms with Crippen LogP contribution in [0.5, 0.6) is 0 Å². The fourth-order valence-electron chi connectivity index (χ4n) is 4.69. The molecule has 0 aliphatic rings. The number of anilines is 1. The number of aromatic nitrogens is 6. The third-order valence-electron chi connectivity index (χ3n) is 6.41. The molecule has 0 aliphatic carbocycles. The molecule has 5 heterocycles.